The van der Waals surface area contributed by atoms with E-state index >= 15 is 0 Å². The lowest BCUT2D eigenvalue weighted by Gasteiger charge is -2.18. The van der Waals surface area contributed by atoms with E-state index in [0.29, 0.717) is 19.6 Å². The van der Waals surface area contributed by atoms with Gasteiger partial charge in [-0.1, -0.05) is 35.9 Å². The Morgan fingerprint density at radius 2 is 1.79 bits per heavy atom. The first-order valence-corrected chi connectivity index (χ1v) is 8.51. The van der Waals surface area contributed by atoms with Crippen molar-refractivity contribution in [3.8, 4) is 5.75 Å². The van der Waals surface area contributed by atoms with E-state index in [1.165, 1.54) is 16.7 Å². The maximum atomic E-state index is 12.4. The number of ether oxygens (including phenoxy) is 1. The Hall–Kier alpha value is -2.29. The molecule has 0 aromatic heterocycles. The van der Waals surface area contributed by atoms with E-state index in [2.05, 4.69) is 32.0 Å². The van der Waals surface area contributed by atoms with Crippen LogP contribution in [0.2, 0.25) is 0 Å². The van der Waals surface area contributed by atoms with Crippen molar-refractivity contribution in [3.63, 3.8) is 0 Å². The molecule has 3 nitrogen and oxygen atoms in total. The number of carbonyl (C=O) groups is 1. The predicted octanol–water partition coefficient (Wildman–Crippen LogP) is 4.29. The summed E-state index contributed by atoms with van der Waals surface area (Å²) in [5.41, 5.74) is 4.89. The van der Waals surface area contributed by atoms with Crippen LogP contribution in [0.25, 0.3) is 0 Å². The van der Waals surface area contributed by atoms with Crippen LogP contribution in [0.4, 0.5) is 0 Å². The third-order valence-corrected chi connectivity index (χ3v) is 4.19. The SMILES string of the molecule is CCOc1ccc(CN(C)C(=O)CCc2ccc(C)cc2C)cc1. The molecule has 0 fully saturated rings. The second-order valence-electron chi connectivity index (χ2n) is 6.26. The summed E-state index contributed by atoms with van der Waals surface area (Å²) in [6, 6.07) is 14.3. The molecule has 0 N–H and O–H groups in total. The van der Waals surface area contributed by atoms with Crippen LogP contribution in [0.15, 0.2) is 42.5 Å². The summed E-state index contributed by atoms with van der Waals surface area (Å²) in [6.45, 7) is 7.45. The van der Waals surface area contributed by atoms with Gasteiger partial charge in [0.15, 0.2) is 0 Å². The van der Waals surface area contributed by atoms with Gasteiger partial charge in [-0.15, -0.1) is 0 Å². The van der Waals surface area contributed by atoms with Gasteiger partial charge in [0.1, 0.15) is 5.75 Å². The summed E-state index contributed by atoms with van der Waals surface area (Å²) < 4.78 is 5.44. The molecular weight excluding hydrogens is 298 g/mol. The van der Waals surface area contributed by atoms with E-state index in [1.54, 1.807) is 4.90 Å². The third kappa shape index (κ3) is 5.12. The zero-order chi connectivity index (χ0) is 17.5. The first-order valence-electron chi connectivity index (χ1n) is 8.51. The third-order valence-electron chi connectivity index (χ3n) is 4.19. The molecule has 24 heavy (non-hydrogen) atoms. The molecule has 0 aliphatic carbocycles. The van der Waals surface area contributed by atoms with Gasteiger partial charge >= 0.3 is 0 Å². The summed E-state index contributed by atoms with van der Waals surface area (Å²) in [7, 11) is 1.86. The fourth-order valence-electron chi connectivity index (χ4n) is 2.78. The van der Waals surface area contributed by atoms with Crippen LogP contribution < -0.4 is 4.74 Å². The molecule has 0 saturated carbocycles. The number of aryl methyl sites for hydroxylation is 3. The molecule has 0 aliphatic rings. The van der Waals surface area contributed by atoms with Gasteiger partial charge in [-0.2, -0.15) is 0 Å². The number of nitrogens with zero attached hydrogens (tertiary/aromatic N) is 1. The minimum absolute atomic E-state index is 0.170. The predicted molar refractivity (Wildman–Crippen MR) is 98.3 cm³/mol. The quantitative estimate of drug-likeness (QED) is 0.760. The molecule has 0 bridgehead atoms. The number of rotatable bonds is 7. The van der Waals surface area contributed by atoms with Crippen LogP contribution in [0, 0.1) is 13.8 Å². The Morgan fingerprint density at radius 1 is 1.08 bits per heavy atom. The molecule has 2 rings (SSSR count). The van der Waals surface area contributed by atoms with Crippen molar-refractivity contribution in [2.75, 3.05) is 13.7 Å². The van der Waals surface area contributed by atoms with Crippen molar-refractivity contribution in [2.24, 2.45) is 0 Å². The zero-order valence-corrected chi connectivity index (χ0v) is 15.1. The largest absolute Gasteiger partial charge is 0.494 e. The van der Waals surface area contributed by atoms with Gasteiger partial charge < -0.3 is 9.64 Å². The lowest BCUT2D eigenvalue weighted by Crippen LogP contribution is -2.26. The summed E-state index contributed by atoms with van der Waals surface area (Å²) >= 11 is 0. The minimum atomic E-state index is 0.170. The zero-order valence-electron chi connectivity index (χ0n) is 15.1. The van der Waals surface area contributed by atoms with Crippen molar-refractivity contribution in [3.05, 3.63) is 64.7 Å². The monoisotopic (exact) mass is 325 g/mol. The second-order valence-corrected chi connectivity index (χ2v) is 6.26. The van der Waals surface area contributed by atoms with E-state index in [9.17, 15) is 4.79 Å². The maximum Gasteiger partial charge on any atom is 0.222 e. The van der Waals surface area contributed by atoms with Gasteiger partial charge in [-0.3, -0.25) is 4.79 Å². The molecule has 128 valence electrons. The van der Waals surface area contributed by atoms with Crippen molar-refractivity contribution < 1.29 is 9.53 Å². The fraction of sp³-hybridized carbons (Fsp3) is 0.381. The normalized spacial score (nSPS) is 10.5. The standard InChI is InChI=1S/C21H27NO2/c1-5-24-20-11-7-18(8-12-20)15-22(4)21(23)13-10-19-9-6-16(2)14-17(19)3/h6-9,11-12,14H,5,10,13,15H2,1-4H3. The average molecular weight is 325 g/mol. The lowest BCUT2D eigenvalue weighted by atomic mass is 10.0. The molecule has 0 spiro atoms. The van der Waals surface area contributed by atoms with Gasteiger partial charge in [-0.05, 0) is 56.0 Å². The molecule has 3 heteroatoms. The lowest BCUT2D eigenvalue weighted by molar-refractivity contribution is -0.130. The Balaban J connectivity index is 1.87. The Labute approximate surface area is 145 Å². The average Bonchev–Trinajstić information content (AvgIpc) is 2.56. The Morgan fingerprint density at radius 3 is 2.42 bits per heavy atom. The molecule has 1 amide bonds. The summed E-state index contributed by atoms with van der Waals surface area (Å²) in [5.74, 6) is 1.04. The summed E-state index contributed by atoms with van der Waals surface area (Å²) in [6.07, 6.45) is 1.33. The second kappa shape index (κ2) is 8.53. The molecule has 2 aromatic carbocycles. The van der Waals surface area contributed by atoms with Gasteiger partial charge in [0.2, 0.25) is 5.91 Å². The van der Waals surface area contributed by atoms with Crippen LogP contribution >= 0.6 is 0 Å². The van der Waals surface area contributed by atoms with Crippen LogP contribution in [0.1, 0.15) is 35.6 Å². The maximum absolute atomic E-state index is 12.4. The van der Waals surface area contributed by atoms with Crippen LogP contribution in [-0.2, 0) is 17.8 Å². The molecule has 0 radical (unpaired) electrons. The van der Waals surface area contributed by atoms with Crippen molar-refractivity contribution in [2.45, 2.75) is 40.2 Å². The van der Waals surface area contributed by atoms with Gasteiger partial charge in [-0.25, -0.2) is 0 Å². The van der Waals surface area contributed by atoms with Crippen molar-refractivity contribution in [1.29, 1.82) is 0 Å². The van der Waals surface area contributed by atoms with Crippen LogP contribution in [-0.4, -0.2) is 24.5 Å². The highest BCUT2D eigenvalue weighted by atomic mass is 16.5. The van der Waals surface area contributed by atoms with Crippen LogP contribution in [0.3, 0.4) is 0 Å². The number of benzene rings is 2. The van der Waals surface area contributed by atoms with Gasteiger partial charge in [0.05, 0.1) is 6.61 Å². The minimum Gasteiger partial charge on any atom is -0.494 e. The van der Waals surface area contributed by atoms with Crippen molar-refractivity contribution in [1.82, 2.24) is 4.90 Å². The molecule has 0 unspecified atom stereocenters. The van der Waals surface area contributed by atoms with E-state index in [4.69, 9.17) is 4.74 Å². The highest BCUT2D eigenvalue weighted by molar-refractivity contribution is 5.76. The highest BCUT2D eigenvalue weighted by Gasteiger charge is 2.10. The van der Waals surface area contributed by atoms with Crippen molar-refractivity contribution >= 4 is 5.91 Å². The molecule has 0 heterocycles. The van der Waals surface area contributed by atoms with E-state index in [1.807, 2.05) is 38.2 Å². The molecule has 0 aliphatic heterocycles. The summed E-state index contributed by atoms with van der Waals surface area (Å²) in [4.78, 5) is 14.2. The highest BCUT2D eigenvalue weighted by Crippen LogP contribution is 2.15. The van der Waals surface area contributed by atoms with E-state index < -0.39 is 0 Å². The summed E-state index contributed by atoms with van der Waals surface area (Å²) in [5, 5.41) is 0. The number of hydrogen-bond acceptors (Lipinski definition) is 2. The van der Waals surface area contributed by atoms with E-state index in [0.717, 1.165) is 17.7 Å². The number of hydrogen-bond donors (Lipinski definition) is 0. The first-order chi connectivity index (χ1) is 11.5. The molecule has 0 atom stereocenters. The van der Waals surface area contributed by atoms with Gasteiger partial charge in [0.25, 0.3) is 0 Å². The molecular formula is C21H27NO2. The smallest absolute Gasteiger partial charge is 0.222 e. The van der Waals surface area contributed by atoms with Gasteiger partial charge in [0, 0.05) is 20.0 Å². The fourth-order valence-corrected chi connectivity index (χ4v) is 2.78. The number of carbonyl (C=O) groups excluding carboxylic acids is 1. The molecule has 2 aromatic rings. The first kappa shape index (κ1) is 18.1. The van der Waals surface area contributed by atoms with E-state index in [-0.39, 0.29) is 5.91 Å². The molecule has 0 saturated heterocycles. The number of amides is 1. The Kier molecular flexibility index (Phi) is 6.42. The topological polar surface area (TPSA) is 29.5 Å². The van der Waals surface area contributed by atoms with Crippen LogP contribution in [0.5, 0.6) is 5.75 Å². The Bertz CT molecular complexity index is 677.